The van der Waals surface area contributed by atoms with E-state index in [-0.39, 0.29) is 6.42 Å². The highest BCUT2D eigenvalue weighted by atomic mass is 16.4. The van der Waals surface area contributed by atoms with Crippen LogP contribution in [0.2, 0.25) is 0 Å². The standard InChI is InChI=1S/C10H16N4O3/c1-4-14-7(12-6-13-14)5-10(2,9(16)17)8(15)11-3/h6H,4-5H2,1-3H3,(H,11,15)(H,16,17). The van der Waals surface area contributed by atoms with E-state index in [0.717, 1.165) is 0 Å². The Kier molecular flexibility index (Phi) is 3.82. The Labute approximate surface area is 98.8 Å². The van der Waals surface area contributed by atoms with Gasteiger partial charge >= 0.3 is 5.97 Å². The molecule has 0 fully saturated rings. The van der Waals surface area contributed by atoms with Crippen LogP contribution < -0.4 is 5.32 Å². The minimum absolute atomic E-state index is 0.00977. The molecule has 0 saturated heterocycles. The summed E-state index contributed by atoms with van der Waals surface area (Å²) < 4.78 is 1.57. The zero-order valence-electron chi connectivity index (χ0n) is 10.1. The van der Waals surface area contributed by atoms with Crippen molar-refractivity contribution in [2.45, 2.75) is 26.8 Å². The van der Waals surface area contributed by atoms with Gasteiger partial charge in [0.25, 0.3) is 0 Å². The van der Waals surface area contributed by atoms with Crippen LogP contribution >= 0.6 is 0 Å². The van der Waals surface area contributed by atoms with Crippen molar-refractivity contribution < 1.29 is 14.7 Å². The van der Waals surface area contributed by atoms with Gasteiger partial charge in [-0.1, -0.05) is 0 Å². The molecule has 0 aliphatic heterocycles. The first-order valence-corrected chi connectivity index (χ1v) is 5.28. The molecule has 0 radical (unpaired) electrons. The molecular weight excluding hydrogens is 224 g/mol. The summed E-state index contributed by atoms with van der Waals surface area (Å²) in [6, 6.07) is 0. The Morgan fingerprint density at radius 2 is 2.24 bits per heavy atom. The van der Waals surface area contributed by atoms with E-state index < -0.39 is 17.3 Å². The fraction of sp³-hybridized carbons (Fsp3) is 0.600. The van der Waals surface area contributed by atoms with Gasteiger partial charge in [0.1, 0.15) is 12.2 Å². The zero-order chi connectivity index (χ0) is 13.1. The number of rotatable bonds is 5. The molecule has 0 aromatic carbocycles. The summed E-state index contributed by atoms with van der Waals surface area (Å²) >= 11 is 0. The number of amides is 1. The second-order valence-electron chi connectivity index (χ2n) is 3.89. The highest BCUT2D eigenvalue weighted by Crippen LogP contribution is 2.22. The van der Waals surface area contributed by atoms with Crippen molar-refractivity contribution in [1.29, 1.82) is 0 Å². The third-order valence-corrected chi connectivity index (χ3v) is 2.71. The normalized spacial score (nSPS) is 14.1. The molecule has 0 spiro atoms. The molecule has 1 aromatic rings. The average molecular weight is 240 g/mol. The summed E-state index contributed by atoms with van der Waals surface area (Å²) in [6.45, 7) is 3.83. The third kappa shape index (κ3) is 2.43. The lowest BCUT2D eigenvalue weighted by atomic mass is 9.85. The SMILES string of the molecule is CCn1ncnc1CC(C)(C(=O)O)C(=O)NC. The average Bonchev–Trinajstić information content (AvgIpc) is 2.74. The van der Waals surface area contributed by atoms with Crippen LogP contribution in [-0.4, -0.2) is 38.8 Å². The quantitative estimate of drug-likeness (QED) is 0.687. The van der Waals surface area contributed by atoms with E-state index in [1.165, 1.54) is 20.3 Å². The molecule has 1 rings (SSSR count). The van der Waals surface area contributed by atoms with Crippen LogP contribution in [0.3, 0.4) is 0 Å². The number of aromatic nitrogens is 3. The lowest BCUT2D eigenvalue weighted by Gasteiger charge is -2.22. The number of hydrogen-bond donors (Lipinski definition) is 2. The lowest BCUT2D eigenvalue weighted by molar-refractivity contribution is -0.154. The maximum Gasteiger partial charge on any atom is 0.319 e. The molecule has 0 bridgehead atoms. The number of aliphatic carboxylic acids is 1. The first kappa shape index (κ1) is 13.1. The summed E-state index contributed by atoms with van der Waals surface area (Å²) in [6.07, 6.45) is 1.36. The molecular formula is C10H16N4O3. The van der Waals surface area contributed by atoms with Crippen molar-refractivity contribution >= 4 is 11.9 Å². The summed E-state index contributed by atoms with van der Waals surface area (Å²) in [5.41, 5.74) is -1.53. The van der Waals surface area contributed by atoms with Crippen LogP contribution in [0, 0.1) is 5.41 Å². The predicted molar refractivity (Wildman–Crippen MR) is 59.2 cm³/mol. The second-order valence-corrected chi connectivity index (χ2v) is 3.89. The van der Waals surface area contributed by atoms with Crippen LogP contribution in [-0.2, 0) is 22.6 Å². The minimum atomic E-state index is -1.53. The zero-order valence-corrected chi connectivity index (χ0v) is 10.1. The largest absolute Gasteiger partial charge is 0.480 e. The van der Waals surface area contributed by atoms with Gasteiger partial charge in [-0.2, -0.15) is 5.10 Å². The van der Waals surface area contributed by atoms with Crippen LogP contribution in [0.4, 0.5) is 0 Å². The number of carbonyl (C=O) groups is 2. The Morgan fingerprint density at radius 1 is 1.59 bits per heavy atom. The van der Waals surface area contributed by atoms with Gasteiger partial charge in [0.2, 0.25) is 5.91 Å². The molecule has 1 unspecified atom stereocenters. The van der Waals surface area contributed by atoms with E-state index in [1.54, 1.807) is 4.68 Å². The summed E-state index contributed by atoms with van der Waals surface area (Å²) in [4.78, 5) is 26.9. The first-order valence-electron chi connectivity index (χ1n) is 5.28. The number of nitrogens with one attached hydrogen (secondary N) is 1. The highest BCUT2D eigenvalue weighted by Gasteiger charge is 2.42. The number of carbonyl (C=O) groups excluding carboxylic acids is 1. The predicted octanol–water partition coefficient (Wildman–Crippen LogP) is -0.323. The summed E-state index contributed by atoms with van der Waals surface area (Å²) in [5, 5.41) is 15.5. The van der Waals surface area contributed by atoms with E-state index in [2.05, 4.69) is 15.4 Å². The van der Waals surface area contributed by atoms with Gasteiger partial charge in [0.05, 0.1) is 0 Å². The number of carboxylic acids is 1. The van der Waals surface area contributed by atoms with Gasteiger partial charge in [0, 0.05) is 20.0 Å². The molecule has 0 aliphatic rings. The van der Waals surface area contributed by atoms with Gasteiger partial charge in [-0.3, -0.25) is 14.3 Å². The number of aryl methyl sites for hydroxylation is 1. The van der Waals surface area contributed by atoms with Crippen LogP contribution in [0.5, 0.6) is 0 Å². The molecule has 7 nitrogen and oxygen atoms in total. The van der Waals surface area contributed by atoms with Crippen molar-refractivity contribution in [3.63, 3.8) is 0 Å². The topological polar surface area (TPSA) is 97.1 Å². The van der Waals surface area contributed by atoms with E-state index in [1.807, 2.05) is 6.92 Å². The maximum atomic E-state index is 11.7. The van der Waals surface area contributed by atoms with E-state index in [9.17, 15) is 14.7 Å². The molecule has 17 heavy (non-hydrogen) atoms. The first-order chi connectivity index (χ1) is 7.95. The number of nitrogens with zero attached hydrogens (tertiary/aromatic N) is 3. The second kappa shape index (κ2) is 4.94. The molecule has 1 amide bonds. The molecule has 0 saturated carbocycles. The van der Waals surface area contributed by atoms with E-state index in [4.69, 9.17) is 0 Å². The van der Waals surface area contributed by atoms with Gasteiger partial charge in [0.15, 0.2) is 5.41 Å². The molecule has 1 atom stereocenters. The Hall–Kier alpha value is -1.92. The molecule has 1 aromatic heterocycles. The Balaban J connectivity index is 3.03. The van der Waals surface area contributed by atoms with Crippen molar-refractivity contribution in [1.82, 2.24) is 20.1 Å². The van der Waals surface area contributed by atoms with Crippen LogP contribution in [0.15, 0.2) is 6.33 Å². The number of hydrogen-bond acceptors (Lipinski definition) is 4. The minimum Gasteiger partial charge on any atom is -0.480 e. The summed E-state index contributed by atoms with van der Waals surface area (Å²) in [7, 11) is 1.41. The third-order valence-electron chi connectivity index (χ3n) is 2.71. The number of carboxylic acid groups (broad SMARTS) is 1. The fourth-order valence-corrected chi connectivity index (χ4v) is 1.53. The molecule has 1 heterocycles. The Bertz CT molecular complexity index is 429. The van der Waals surface area contributed by atoms with Crippen molar-refractivity contribution in [2.24, 2.45) is 5.41 Å². The smallest absolute Gasteiger partial charge is 0.319 e. The molecule has 94 valence electrons. The van der Waals surface area contributed by atoms with Crippen molar-refractivity contribution in [2.75, 3.05) is 7.05 Å². The maximum absolute atomic E-state index is 11.7. The van der Waals surface area contributed by atoms with Gasteiger partial charge in [-0.15, -0.1) is 0 Å². The fourth-order valence-electron chi connectivity index (χ4n) is 1.53. The van der Waals surface area contributed by atoms with E-state index in [0.29, 0.717) is 12.4 Å². The van der Waals surface area contributed by atoms with Gasteiger partial charge in [-0.05, 0) is 13.8 Å². The molecule has 0 aliphatic carbocycles. The molecule has 2 N–H and O–H groups in total. The van der Waals surface area contributed by atoms with Crippen molar-refractivity contribution in [3.05, 3.63) is 12.2 Å². The van der Waals surface area contributed by atoms with Gasteiger partial charge in [-0.25, -0.2) is 4.98 Å². The Morgan fingerprint density at radius 3 is 2.71 bits per heavy atom. The molecule has 7 heteroatoms. The van der Waals surface area contributed by atoms with Gasteiger partial charge < -0.3 is 10.4 Å². The van der Waals surface area contributed by atoms with E-state index >= 15 is 0 Å². The van der Waals surface area contributed by atoms with Crippen molar-refractivity contribution in [3.8, 4) is 0 Å². The summed E-state index contributed by atoms with van der Waals surface area (Å²) in [5.74, 6) is -1.24. The van der Waals surface area contributed by atoms with Crippen LogP contribution in [0.25, 0.3) is 0 Å². The highest BCUT2D eigenvalue weighted by molar-refractivity contribution is 6.01. The monoisotopic (exact) mass is 240 g/mol. The lowest BCUT2D eigenvalue weighted by Crippen LogP contribution is -2.45. The van der Waals surface area contributed by atoms with Crippen LogP contribution in [0.1, 0.15) is 19.7 Å².